The van der Waals surface area contributed by atoms with Crippen LogP contribution in [-0.4, -0.2) is 24.7 Å². The maximum absolute atomic E-state index is 12.4. The van der Waals surface area contributed by atoms with E-state index in [0.717, 1.165) is 4.47 Å². The Hall–Kier alpha value is -3.45. The minimum Gasteiger partial charge on any atom is -0.490 e. The van der Waals surface area contributed by atoms with E-state index in [-0.39, 0.29) is 5.91 Å². The molecule has 7 heteroatoms. The molecule has 0 saturated heterocycles. The van der Waals surface area contributed by atoms with Crippen LogP contribution in [0.3, 0.4) is 0 Å². The summed E-state index contributed by atoms with van der Waals surface area (Å²) >= 11 is 3.33. The minimum absolute atomic E-state index is 0.301. The van der Waals surface area contributed by atoms with Crippen molar-refractivity contribution in [1.29, 1.82) is 0 Å². The molecule has 3 aromatic carbocycles. The minimum atomic E-state index is -0.486. The molecule has 0 aliphatic rings. The monoisotopic (exact) mass is 466 g/mol. The highest BCUT2D eigenvalue weighted by Crippen LogP contribution is 2.29. The number of hydrogen-bond donors (Lipinski definition) is 1. The zero-order valence-corrected chi connectivity index (χ0v) is 17.8. The summed E-state index contributed by atoms with van der Waals surface area (Å²) in [7, 11) is 0. The Morgan fingerprint density at radius 2 is 1.70 bits per heavy atom. The number of carbonyl (C=O) groups is 2. The molecule has 0 unspecified atom stereocenters. The van der Waals surface area contributed by atoms with Gasteiger partial charge in [-0.25, -0.2) is 10.2 Å². The van der Waals surface area contributed by atoms with Crippen LogP contribution in [0.4, 0.5) is 0 Å². The predicted octanol–water partition coefficient (Wildman–Crippen LogP) is 4.83. The number of ether oxygens (including phenoxy) is 2. The molecule has 0 radical (unpaired) electrons. The molecule has 152 valence electrons. The van der Waals surface area contributed by atoms with E-state index in [1.807, 2.05) is 13.0 Å². The molecule has 0 bridgehead atoms. The van der Waals surface area contributed by atoms with E-state index < -0.39 is 5.97 Å². The number of hydrazone groups is 1. The lowest BCUT2D eigenvalue weighted by molar-refractivity contribution is 0.0728. The third-order valence-electron chi connectivity index (χ3n) is 3.97. The summed E-state index contributed by atoms with van der Waals surface area (Å²) in [6.45, 7) is 2.23. The van der Waals surface area contributed by atoms with E-state index in [1.54, 1.807) is 66.7 Å². The SMILES string of the molecule is CCOc1cc(C=NNC(=O)c2ccccc2)ccc1OC(=O)c1ccc(Br)cc1. The van der Waals surface area contributed by atoms with Crippen molar-refractivity contribution in [3.05, 3.63) is 94.0 Å². The summed E-state index contributed by atoms with van der Waals surface area (Å²) in [6.07, 6.45) is 1.49. The van der Waals surface area contributed by atoms with Crippen molar-refractivity contribution in [3.63, 3.8) is 0 Å². The molecular weight excluding hydrogens is 448 g/mol. The number of carbonyl (C=O) groups excluding carboxylic acids is 2. The molecule has 1 N–H and O–H groups in total. The molecule has 0 fully saturated rings. The second-order valence-electron chi connectivity index (χ2n) is 6.10. The lowest BCUT2D eigenvalue weighted by Gasteiger charge is -2.11. The average molecular weight is 467 g/mol. The summed E-state index contributed by atoms with van der Waals surface area (Å²) < 4.78 is 12.0. The van der Waals surface area contributed by atoms with E-state index in [2.05, 4.69) is 26.5 Å². The Bertz CT molecular complexity index is 1050. The highest BCUT2D eigenvalue weighted by atomic mass is 79.9. The van der Waals surface area contributed by atoms with Crippen LogP contribution in [-0.2, 0) is 0 Å². The standard InChI is InChI=1S/C23H19BrN2O4/c1-2-29-21-14-16(15-25-26-22(27)17-6-4-3-5-7-17)8-13-20(21)30-23(28)18-9-11-19(24)12-10-18/h3-15H,2H2,1H3,(H,26,27). The fraction of sp³-hybridized carbons (Fsp3) is 0.0870. The molecule has 0 aliphatic heterocycles. The number of amides is 1. The van der Waals surface area contributed by atoms with Gasteiger partial charge < -0.3 is 9.47 Å². The van der Waals surface area contributed by atoms with Gasteiger partial charge in [0.05, 0.1) is 18.4 Å². The van der Waals surface area contributed by atoms with Crippen molar-refractivity contribution in [1.82, 2.24) is 5.43 Å². The van der Waals surface area contributed by atoms with Crippen LogP contribution in [0.5, 0.6) is 11.5 Å². The van der Waals surface area contributed by atoms with Crippen LogP contribution >= 0.6 is 15.9 Å². The third-order valence-corrected chi connectivity index (χ3v) is 4.49. The van der Waals surface area contributed by atoms with Crippen molar-refractivity contribution in [3.8, 4) is 11.5 Å². The fourth-order valence-electron chi connectivity index (χ4n) is 2.52. The summed E-state index contributed by atoms with van der Waals surface area (Å²) in [4.78, 5) is 24.4. The number of esters is 1. The maximum Gasteiger partial charge on any atom is 0.343 e. The Morgan fingerprint density at radius 3 is 2.40 bits per heavy atom. The van der Waals surface area contributed by atoms with Crippen LogP contribution in [0.1, 0.15) is 33.2 Å². The van der Waals surface area contributed by atoms with Gasteiger partial charge in [0, 0.05) is 10.0 Å². The summed E-state index contributed by atoms with van der Waals surface area (Å²) in [5.41, 5.74) is 4.09. The van der Waals surface area contributed by atoms with Gasteiger partial charge in [0.2, 0.25) is 0 Å². The molecule has 30 heavy (non-hydrogen) atoms. The van der Waals surface area contributed by atoms with Crippen LogP contribution in [0.2, 0.25) is 0 Å². The van der Waals surface area contributed by atoms with Gasteiger partial charge in [-0.2, -0.15) is 5.10 Å². The van der Waals surface area contributed by atoms with Crippen molar-refractivity contribution < 1.29 is 19.1 Å². The lowest BCUT2D eigenvalue weighted by atomic mass is 10.2. The smallest absolute Gasteiger partial charge is 0.343 e. The Balaban J connectivity index is 1.70. The molecule has 3 aromatic rings. The summed E-state index contributed by atoms with van der Waals surface area (Å²) in [5, 5.41) is 3.97. The first kappa shape index (κ1) is 21.3. The molecule has 0 atom stereocenters. The Morgan fingerprint density at radius 1 is 0.967 bits per heavy atom. The predicted molar refractivity (Wildman–Crippen MR) is 118 cm³/mol. The molecule has 0 aromatic heterocycles. The van der Waals surface area contributed by atoms with Gasteiger partial charge in [0.1, 0.15) is 0 Å². The molecule has 0 aliphatic carbocycles. The third kappa shape index (κ3) is 5.78. The average Bonchev–Trinajstić information content (AvgIpc) is 2.76. The maximum atomic E-state index is 12.4. The van der Waals surface area contributed by atoms with Gasteiger partial charge in [-0.05, 0) is 67.1 Å². The van der Waals surface area contributed by atoms with Gasteiger partial charge in [-0.15, -0.1) is 0 Å². The second kappa shape index (κ2) is 10.4. The highest BCUT2D eigenvalue weighted by Gasteiger charge is 2.13. The van der Waals surface area contributed by atoms with E-state index in [4.69, 9.17) is 9.47 Å². The van der Waals surface area contributed by atoms with E-state index in [1.165, 1.54) is 6.21 Å². The molecule has 0 spiro atoms. The number of halogens is 1. The van der Waals surface area contributed by atoms with Crippen molar-refractivity contribution in [2.45, 2.75) is 6.92 Å². The van der Waals surface area contributed by atoms with Gasteiger partial charge in [0.25, 0.3) is 5.91 Å². The van der Waals surface area contributed by atoms with E-state index >= 15 is 0 Å². The van der Waals surface area contributed by atoms with Gasteiger partial charge in [-0.1, -0.05) is 34.1 Å². The first-order valence-electron chi connectivity index (χ1n) is 9.20. The quantitative estimate of drug-likeness (QED) is 0.234. The Kier molecular flexibility index (Phi) is 7.34. The number of benzene rings is 3. The summed E-state index contributed by atoms with van der Waals surface area (Å²) in [6, 6.07) is 20.7. The van der Waals surface area contributed by atoms with Gasteiger partial charge >= 0.3 is 5.97 Å². The first-order chi connectivity index (χ1) is 14.6. The fourth-order valence-corrected chi connectivity index (χ4v) is 2.79. The molecular formula is C23H19BrN2O4. The highest BCUT2D eigenvalue weighted by molar-refractivity contribution is 9.10. The first-order valence-corrected chi connectivity index (χ1v) is 9.99. The molecule has 1 amide bonds. The zero-order chi connectivity index (χ0) is 21.3. The van der Waals surface area contributed by atoms with Crippen molar-refractivity contribution in [2.24, 2.45) is 5.10 Å². The second-order valence-corrected chi connectivity index (χ2v) is 7.02. The zero-order valence-electron chi connectivity index (χ0n) is 16.2. The summed E-state index contributed by atoms with van der Waals surface area (Å²) in [5.74, 6) is -0.0894. The van der Waals surface area contributed by atoms with Crippen LogP contribution < -0.4 is 14.9 Å². The number of nitrogens with zero attached hydrogens (tertiary/aromatic N) is 1. The van der Waals surface area contributed by atoms with Crippen molar-refractivity contribution in [2.75, 3.05) is 6.61 Å². The Labute approximate surface area is 182 Å². The number of nitrogens with one attached hydrogen (secondary N) is 1. The number of rotatable bonds is 7. The van der Waals surface area contributed by atoms with E-state index in [0.29, 0.717) is 34.8 Å². The lowest BCUT2D eigenvalue weighted by Crippen LogP contribution is -2.17. The van der Waals surface area contributed by atoms with Crippen LogP contribution in [0.15, 0.2) is 82.4 Å². The number of hydrogen-bond acceptors (Lipinski definition) is 5. The normalized spacial score (nSPS) is 10.6. The topological polar surface area (TPSA) is 77.0 Å². The van der Waals surface area contributed by atoms with Crippen molar-refractivity contribution >= 4 is 34.0 Å². The van der Waals surface area contributed by atoms with E-state index in [9.17, 15) is 9.59 Å². The largest absolute Gasteiger partial charge is 0.490 e. The van der Waals surface area contributed by atoms with Crippen LogP contribution in [0.25, 0.3) is 0 Å². The molecule has 0 heterocycles. The molecule has 6 nitrogen and oxygen atoms in total. The molecule has 3 rings (SSSR count). The van der Waals surface area contributed by atoms with Crippen LogP contribution in [0, 0.1) is 0 Å². The van der Waals surface area contributed by atoms with Gasteiger partial charge in [-0.3, -0.25) is 4.79 Å². The molecule has 0 saturated carbocycles. The van der Waals surface area contributed by atoms with Gasteiger partial charge in [0.15, 0.2) is 11.5 Å².